The fraction of sp³-hybridized carbons (Fsp3) is 0.605. The quantitative estimate of drug-likeness (QED) is 0.125. The Kier molecular flexibility index (Phi) is 23.2. The Morgan fingerprint density at radius 1 is 0.774 bits per heavy atom. The molecule has 62 heavy (non-hydrogen) atoms. The highest BCUT2D eigenvalue weighted by atomic mass is 79.9. The second kappa shape index (κ2) is 26.6. The van der Waals surface area contributed by atoms with Gasteiger partial charge in [0.2, 0.25) is 0 Å². The zero-order valence-corrected chi connectivity index (χ0v) is 41.3. The number of alkyl carbamates (subject to hydrolysis) is 2. The van der Waals surface area contributed by atoms with Gasteiger partial charge in [-0.2, -0.15) is 0 Å². The first-order valence-corrected chi connectivity index (χ1v) is 22.3. The SMILES string of the molecule is COC(=O)NCCOc1cc(C(=O)N(C(C)C)[C@@H]2CCCN(C(=O)OC(C)(C)C)C2)ccc1Br.COC(=O)NCCOc1cc(C(=O)N(C(C)C)[C@@H]2CCCNC2)ccc1Br.Cl. The van der Waals surface area contributed by atoms with E-state index in [1.165, 1.54) is 14.2 Å². The van der Waals surface area contributed by atoms with Gasteiger partial charge in [0.15, 0.2) is 0 Å². The summed E-state index contributed by atoms with van der Waals surface area (Å²) in [5, 5.41) is 8.47. The predicted molar refractivity (Wildman–Crippen MR) is 247 cm³/mol. The van der Waals surface area contributed by atoms with E-state index < -0.39 is 17.8 Å². The number of halogens is 3. The highest BCUT2D eigenvalue weighted by Gasteiger charge is 2.35. The number of methoxy groups -OCH3 is 2. The van der Waals surface area contributed by atoms with Gasteiger partial charge in [-0.15, -0.1) is 12.4 Å². The second-order valence-electron chi connectivity index (χ2n) is 16.2. The molecule has 2 aromatic rings. The summed E-state index contributed by atoms with van der Waals surface area (Å²) in [6, 6.07) is 10.7. The van der Waals surface area contributed by atoms with Gasteiger partial charge in [0.05, 0.1) is 42.3 Å². The monoisotopic (exact) mass is 1020 g/mol. The van der Waals surface area contributed by atoms with E-state index in [1.807, 2.05) is 64.3 Å². The zero-order chi connectivity index (χ0) is 45.3. The highest BCUT2D eigenvalue weighted by Crippen LogP contribution is 2.30. The topological polar surface area (TPSA) is 177 Å². The number of nitrogens with one attached hydrogen (secondary N) is 3. The predicted octanol–water partition coefficient (Wildman–Crippen LogP) is 7.64. The summed E-state index contributed by atoms with van der Waals surface area (Å²) in [5.41, 5.74) is 0.508. The number of nitrogens with zero attached hydrogens (tertiary/aromatic N) is 3. The number of ether oxygens (including phenoxy) is 5. The first kappa shape index (κ1) is 54.1. The Balaban J connectivity index is 0.000000430. The molecular weight excluding hydrogens is 956 g/mol. The third kappa shape index (κ3) is 17.3. The number of rotatable bonds is 14. The van der Waals surface area contributed by atoms with Crippen LogP contribution in [-0.2, 0) is 14.2 Å². The van der Waals surface area contributed by atoms with E-state index in [-0.39, 0.29) is 74.2 Å². The highest BCUT2D eigenvalue weighted by molar-refractivity contribution is 9.10. The molecule has 0 radical (unpaired) electrons. The molecule has 0 unspecified atom stereocenters. The van der Waals surface area contributed by atoms with Crippen molar-refractivity contribution in [2.24, 2.45) is 0 Å². The fourth-order valence-corrected chi connectivity index (χ4v) is 7.68. The number of carbonyl (C=O) groups excluding carboxylic acids is 5. The molecule has 2 aliphatic rings. The molecule has 0 spiro atoms. The summed E-state index contributed by atoms with van der Waals surface area (Å²) in [6.07, 6.45) is 2.29. The standard InChI is InChI=1S/C24H36BrN3O6.C19H28BrN3O4.ClH/c1-16(2)28(18-8-7-12-27(15-18)23(31)34-24(3,4)5)21(29)17-9-10-19(25)20(14-17)33-13-11-26-22(30)32-6;1-13(2)23(15-5-4-8-21-12-15)18(24)14-6-7-16(20)17(11-14)27-10-9-22-19(25)26-3;/h9-10,14,16,18H,7-8,11-13,15H2,1-6H3,(H,26,30);6-7,11,13,15,21H,4-5,8-10,12H2,1-3H3,(H,22,25);1H/t18-;15-;/m11./s1. The van der Waals surface area contributed by atoms with Crippen molar-refractivity contribution in [3.63, 3.8) is 0 Å². The third-order valence-electron chi connectivity index (χ3n) is 9.67. The Bertz CT molecular complexity index is 1780. The minimum Gasteiger partial charge on any atom is -0.491 e. The van der Waals surface area contributed by atoms with E-state index in [0.29, 0.717) is 46.7 Å². The number of likely N-dealkylation sites (tertiary alicyclic amines) is 1. The minimum atomic E-state index is -0.572. The Morgan fingerprint density at radius 3 is 1.66 bits per heavy atom. The molecule has 3 N–H and O–H groups in total. The summed E-state index contributed by atoms with van der Waals surface area (Å²) in [5.74, 6) is 0.943. The van der Waals surface area contributed by atoms with Gasteiger partial charge in [-0.3, -0.25) is 9.59 Å². The normalized spacial score (nSPS) is 16.1. The Hall–Kier alpha value is -4.00. The Morgan fingerprint density at radius 2 is 1.24 bits per heavy atom. The van der Waals surface area contributed by atoms with Gasteiger partial charge in [-0.25, -0.2) is 14.4 Å². The average molecular weight is 1020 g/mol. The lowest BCUT2D eigenvalue weighted by atomic mass is 10.0. The van der Waals surface area contributed by atoms with Gasteiger partial charge >= 0.3 is 18.3 Å². The van der Waals surface area contributed by atoms with Crippen LogP contribution in [0.15, 0.2) is 45.3 Å². The van der Waals surface area contributed by atoms with Gasteiger partial charge in [0, 0.05) is 48.9 Å². The molecule has 0 aliphatic carbocycles. The summed E-state index contributed by atoms with van der Waals surface area (Å²) >= 11 is 6.89. The van der Waals surface area contributed by atoms with Crippen LogP contribution in [0.4, 0.5) is 14.4 Å². The molecule has 4 rings (SSSR count). The summed E-state index contributed by atoms with van der Waals surface area (Å²) in [7, 11) is 2.60. The van der Waals surface area contributed by atoms with Gasteiger partial charge in [-0.1, -0.05) is 0 Å². The van der Waals surface area contributed by atoms with Crippen molar-refractivity contribution in [2.45, 2.75) is 104 Å². The fourth-order valence-electron chi connectivity index (χ4n) is 6.95. The van der Waals surface area contributed by atoms with Crippen LogP contribution in [0.5, 0.6) is 11.5 Å². The molecule has 19 heteroatoms. The maximum atomic E-state index is 13.6. The molecule has 2 saturated heterocycles. The van der Waals surface area contributed by atoms with E-state index in [0.717, 1.165) is 43.2 Å². The maximum absolute atomic E-state index is 13.6. The second-order valence-corrected chi connectivity index (χ2v) is 17.9. The van der Waals surface area contributed by atoms with Gasteiger partial charge in [0.25, 0.3) is 11.8 Å². The number of piperidine rings is 2. The first-order chi connectivity index (χ1) is 28.9. The summed E-state index contributed by atoms with van der Waals surface area (Å²) < 4.78 is 27.5. The molecule has 2 atom stereocenters. The van der Waals surface area contributed by atoms with Crippen LogP contribution in [0.2, 0.25) is 0 Å². The number of benzene rings is 2. The molecule has 348 valence electrons. The van der Waals surface area contributed by atoms with Crippen LogP contribution in [0.1, 0.15) is 94.9 Å². The van der Waals surface area contributed by atoms with Crippen LogP contribution in [0.25, 0.3) is 0 Å². The van der Waals surface area contributed by atoms with E-state index in [1.54, 1.807) is 35.2 Å². The van der Waals surface area contributed by atoms with Crippen LogP contribution in [0.3, 0.4) is 0 Å². The molecule has 2 aliphatic heterocycles. The largest absolute Gasteiger partial charge is 0.491 e. The number of carbonyl (C=O) groups is 5. The van der Waals surface area contributed by atoms with Crippen molar-refractivity contribution >= 4 is 74.4 Å². The third-order valence-corrected chi connectivity index (χ3v) is 11.0. The van der Waals surface area contributed by atoms with E-state index in [2.05, 4.69) is 57.3 Å². The first-order valence-electron chi connectivity index (χ1n) is 20.7. The lowest BCUT2D eigenvalue weighted by molar-refractivity contribution is 0.00751. The summed E-state index contributed by atoms with van der Waals surface area (Å²) in [4.78, 5) is 67.0. The molecule has 2 aromatic carbocycles. The van der Waals surface area contributed by atoms with E-state index in [9.17, 15) is 24.0 Å². The zero-order valence-electron chi connectivity index (χ0n) is 37.3. The number of hydrogen-bond donors (Lipinski definition) is 3. The number of hydrogen-bond acceptors (Lipinski definition) is 11. The van der Waals surface area contributed by atoms with Crippen molar-refractivity contribution in [1.82, 2.24) is 30.7 Å². The smallest absolute Gasteiger partial charge is 0.410 e. The molecule has 2 fully saturated rings. The molecule has 0 aromatic heterocycles. The van der Waals surface area contributed by atoms with E-state index in [4.69, 9.17) is 14.2 Å². The molecule has 0 bridgehead atoms. The van der Waals surface area contributed by atoms with Gasteiger partial charge in [0.1, 0.15) is 30.3 Å². The van der Waals surface area contributed by atoms with Crippen LogP contribution in [-0.4, -0.2) is 141 Å². The number of amides is 5. The molecule has 2 heterocycles. The average Bonchev–Trinajstić information content (AvgIpc) is 3.22. The van der Waals surface area contributed by atoms with Crippen LogP contribution < -0.4 is 25.4 Å². The molecular formula is C43H65Br2ClN6O10. The molecule has 0 saturated carbocycles. The van der Waals surface area contributed by atoms with Crippen molar-refractivity contribution in [2.75, 3.05) is 66.7 Å². The molecule has 16 nitrogen and oxygen atoms in total. The molecule has 5 amide bonds. The van der Waals surface area contributed by atoms with Crippen molar-refractivity contribution in [1.29, 1.82) is 0 Å². The van der Waals surface area contributed by atoms with E-state index >= 15 is 0 Å². The Labute approximate surface area is 389 Å². The van der Waals surface area contributed by atoms with Gasteiger partial charge < -0.3 is 54.3 Å². The van der Waals surface area contributed by atoms with Crippen LogP contribution in [0, 0.1) is 0 Å². The van der Waals surface area contributed by atoms with Crippen molar-refractivity contribution in [3.8, 4) is 11.5 Å². The van der Waals surface area contributed by atoms with Crippen LogP contribution >= 0.6 is 44.3 Å². The maximum Gasteiger partial charge on any atom is 0.410 e. The summed E-state index contributed by atoms with van der Waals surface area (Å²) in [6.45, 7) is 17.5. The lowest BCUT2D eigenvalue weighted by Crippen LogP contribution is -2.54. The lowest BCUT2D eigenvalue weighted by Gasteiger charge is -2.41. The van der Waals surface area contributed by atoms with Crippen molar-refractivity contribution in [3.05, 3.63) is 56.5 Å². The van der Waals surface area contributed by atoms with Crippen molar-refractivity contribution < 1.29 is 47.7 Å². The van der Waals surface area contributed by atoms with Gasteiger partial charge in [-0.05, 0) is 149 Å². The minimum absolute atomic E-state index is 0.